The molecule has 1 aliphatic heterocycles. The zero-order valence-electron chi connectivity index (χ0n) is 11.0. The van der Waals surface area contributed by atoms with Crippen molar-refractivity contribution in [1.29, 1.82) is 0 Å². The first-order chi connectivity index (χ1) is 8.52. The van der Waals surface area contributed by atoms with Crippen LogP contribution in [0.15, 0.2) is 22.7 Å². The molecule has 1 N–H and O–H groups in total. The molecule has 0 atom stereocenters. The van der Waals surface area contributed by atoms with E-state index in [1.807, 2.05) is 13.1 Å². The van der Waals surface area contributed by atoms with E-state index in [4.69, 9.17) is 0 Å². The van der Waals surface area contributed by atoms with Crippen LogP contribution in [0.3, 0.4) is 0 Å². The van der Waals surface area contributed by atoms with E-state index in [9.17, 15) is 4.39 Å². The molecule has 1 aromatic rings. The maximum absolute atomic E-state index is 13.4. The van der Waals surface area contributed by atoms with Crippen LogP contribution in [0, 0.1) is 5.82 Å². The Bertz CT molecular complexity index is 414. The summed E-state index contributed by atoms with van der Waals surface area (Å²) in [6, 6.07) is 5.39. The molecule has 2 nitrogen and oxygen atoms in total. The fourth-order valence-corrected chi connectivity index (χ4v) is 2.60. The minimum atomic E-state index is -0.176. The molecule has 1 fully saturated rings. The Morgan fingerprint density at radius 3 is 2.61 bits per heavy atom. The molecular formula is C14H20BrFN2. The molecule has 0 radical (unpaired) electrons. The van der Waals surface area contributed by atoms with Gasteiger partial charge in [0.25, 0.3) is 0 Å². The van der Waals surface area contributed by atoms with Gasteiger partial charge in [-0.1, -0.05) is 6.07 Å². The largest absolute Gasteiger partial charge is 0.314 e. The van der Waals surface area contributed by atoms with Gasteiger partial charge in [-0.05, 0) is 60.4 Å². The molecule has 4 heteroatoms. The molecule has 1 heterocycles. The lowest BCUT2D eigenvalue weighted by Crippen LogP contribution is -2.49. The van der Waals surface area contributed by atoms with Crippen LogP contribution in [-0.4, -0.2) is 30.6 Å². The van der Waals surface area contributed by atoms with Crippen LogP contribution < -0.4 is 5.32 Å². The lowest BCUT2D eigenvalue weighted by molar-refractivity contribution is 0.146. The van der Waals surface area contributed by atoms with E-state index in [-0.39, 0.29) is 11.4 Å². The highest BCUT2D eigenvalue weighted by Gasteiger charge is 2.28. The standard InChI is InChI=1S/C14H20BrFN2/c1-14(17-2)5-7-18(8-6-14)10-11-3-4-12(15)13(16)9-11/h3-4,9,17H,5-8,10H2,1-2H3. The van der Waals surface area contributed by atoms with E-state index in [1.54, 1.807) is 12.1 Å². The third kappa shape index (κ3) is 3.31. The summed E-state index contributed by atoms with van der Waals surface area (Å²) in [5, 5.41) is 3.39. The molecule has 0 amide bonds. The van der Waals surface area contributed by atoms with Gasteiger partial charge in [0.2, 0.25) is 0 Å². The maximum Gasteiger partial charge on any atom is 0.137 e. The molecule has 1 aromatic carbocycles. The van der Waals surface area contributed by atoms with Gasteiger partial charge in [-0.25, -0.2) is 4.39 Å². The molecule has 0 unspecified atom stereocenters. The van der Waals surface area contributed by atoms with Crippen molar-refractivity contribution in [1.82, 2.24) is 10.2 Å². The Morgan fingerprint density at radius 2 is 2.06 bits per heavy atom. The molecule has 0 saturated carbocycles. The third-order valence-electron chi connectivity index (χ3n) is 3.95. The molecule has 0 bridgehead atoms. The van der Waals surface area contributed by atoms with Gasteiger partial charge < -0.3 is 5.32 Å². The summed E-state index contributed by atoms with van der Waals surface area (Å²) in [6.07, 6.45) is 2.28. The minimum Gasteiger partial charge on any atom is -0.314 e. The monoisotopic (exact) mass is 314 g/mol. The zero-order chi connectivity index (χ0) is 13.2. The van der Waals surface area contributed by atoms with Crippen LogP contribution in [0.25, 0.3) is 0 Å². The molecule has 1 aliphatic rings. The van der Waals surface area contributed by atoms with E-state index in [0.717, 1.165) is 38.0 Å². The molecular weight excluding hydrogens is 295 g/mol. The van der Waals surface area contributed by atoms with Crippen LogP contribution >= 0.6 is 15.9 Å². The van der Waals surface area contributed by atoms with Crippen LogP contribution in [0.2, 0.25) is 0 Å². The first-order valence-corrected chi connectivity index (χ1v) is 7.17. The van der Waals surface area contributed by atoms with E-state index in [0.29, 0.717) is 4.47 Å². The van der Waals surface area contributed by atoms with Crippen molar-refractivity contribution < 1.29 is 4.39 Å². The number of piperidine rings is 1. The van der Waals surface area contributed by atoms with Crippen LogP contribution in [0.5, 0.6) is 0 Å². The number of hydrogen-bond donors (Lipinski definition) is 1. The second-order valence-corrected chi connectivity index (χ2v) is 6.19. The number of nitrogens with zero attached hydrogens (tertiary/aromatic N) is 1. The van der Waals surface area contributed by atoms with Gasteiger partial charge in [0, 0.05) is 25.2 Å². The van der Waals surface area contributed by atoms with Crippen molar-refractivity contribution in [3.05, 3.63) is 34.1 Å². The lowest BCUT2D eigenvalue weighted by atomic mass is 9.90. The van der Waals surface area contributed by atoms with Gasteiger partial charge in [0.05, 0.1) is 4.47 Å². The number of halogens is 2. The SMILES string of the molecule is CNC1(C)CCN(Cc2ccc(Br)c(F)c2)CC1. The number of benzene rings is 1. The second kappa shape index (κ2) is 5.68. The fraction of sp³-hybridized carbons (Fsp3) is 0.571. The number of likely N-dealkylation sites (tertiary alicyclic amines) is 1. The van der Waals surface area contributed by atoms with E-state index < -0.39 is 0 Å². The average Bonchev–Trinajstić information content (AvgIpc) is 2.37. The van der Waals surface area contributed by atoms with Gasteiger partial charge in [0.1, 0.15) is 5.82 Å². The third-order valence-corrected chi connectivity index (χ3v) is 4.60. The summed E-state index contributed by atoms with van der Waals surface area (Å²) in [4.78, 5) is 2.39. The topological polar surface area (TPSA) is 15.3 Å². The molecule has 0 aliphatic carbocycles. The van der Waals surface area contributed by atoms with Gasteiger partial charge in [-0.15, -0.1) is 0 Å². The first-order valence-electron chi connectivity index (χ1n) is 6.38. The lowest BCUT2D eigenvalue weighted by Gasteiger charge is -2.39. The fourth-order valence-electron chi connectivity index (χ4n) is 2.35. The first kappa shape index (κ1) is 14.0. The van der Waals surface area contributed by atoms with Gasteiger partial charge in [0.15, 0.2) is 0 Å². The summed E-state index contributed by atoms with van der Waals surface area (Å²) >= 11 is 3.18. The Labute approximate surface area is 117 Å². The van der Waals surface area contributed by atoms with Crippen molar-refractivity contribution in [2.75, 3.05) is 20.1 Å². The van der Waals surface area contributed by atoms with Gasteiger partial charge >= 0.3 is 0 Å². The van der Waals surface area contributed by atoms with Crippen molar-refractivity contribution in [2.45, 2.75) is 31.8 Å². The average molecular weight is 315 g/mol. The van der Waals surface area contributed by atoms with Gasteiger partial charge in [-0.2, -0.15) is 0 Å². The highest BCUT2D eigenvalue weighted by atomic mass is 79.9. The predicted molar refractivity (Wildman–Crippen MR) is 76.1 cm³/mol. The van der Waals surface area contributed by atoms with Crippen molar-refractivity contribution in [3.63, 3.8) is 0 Å². The summed E-state index contributed by atoms with van der Waals surface area (Å²) in [5.41, 5.74) is 1.31. The van der Waals surface area contributed by atoms with Crippen molar-refractivity contribution >= 4 is 15.9 Å². The van der Waals surface area contributed by atoms with Crippen molar-refractivity contribution in [2.24, 2.45) is 0 Å². The summed E-state index contributed by atoms with van der Waals surface area (Å²) in [6.45, 7) is 5.23. The Hall–Kier alpha value is -0.450. The normalized spacial score (nSPS) is 20.0. The molecule has 0 aromatic heterocycles. The molecule has 1 saturated heterocycles. The highest BCUT2D eigenvalue weighted by molar-refractivity contribution is 9.10. The van der Waals surface area contributed by atoms with Crippen LogP contribution in [0.1, 0.15) is 25.3 Å². The van der Waals surface area contributed by atoms with Gasteiger partial charge in [-0.3, -0.25) is 4.90 Å². The van der Waals surface area contributed by atoms with E-state index in [2.05, 4.69) is 33.1 Å². The van der Waals surface area contributed by atoms with E-state index in [1.165, 1.54) is 0 Å². The summed E-state index contributed by atoms with van der Waals surface area (Å²) in [7, 11) is 2.03. The quantitative estimate of drug-likeness (QED) is 0.922. The maximum atomic E-state index is 13.4. The number of nitrogens with one attached hydrogen (secondary N) is 1. The van der Waals surface area contributed by atoms with Crippen LogP contribution in [0.4, 0.5) is 4.39 Å². The number of rotatable bonds is 3. The molecule has 100 valence electrons. The van der Waals surface area contributed by atoms with E-state index >= 15 is 0 Å². The zero-order valence-corrected chi connectivity index (χ0v) is 12.6. The predicted octanol–water partition coefficient (Wildman–Crippen LogP) is 3.16. The number of hydrogen-bond acceptors (Lipinski definition) is 2. The second-order valence-electron chi connectivity index (χ2n) is 5.34. The van der Waals surface area contributed by atoms with Crippen LogP contribution in [-0.2, 0) is 6.54 Å². The Kier molecular flexibility index (Phi) is 4.41. The Morgan fingerprint density at radius 1 is 1.39 bits per heavy atom. The smallest absolute Gasteiger partial charge is 0.137 e. The molecule has 0 spiro atoms. The Balaban J connectivity index is 1.93. The van der Waals surface area contributed by atoms with Crippen molar-refractivity contribution in [3.8, 4) is 0 Å². The summed E-state index contributed by atoms with van der Waals surface area (Å²) < 4.78 is 14.0. The minimum absolute atomic E-state index is 0.176. The molecule has 18 heavy (non-hydrogen) atoms. The summed E-state index contributed by atoms with van der Waals surface area (Å²) in [5.74, 6) is -0.176. The highest BCUT2D eigenvalue weighted by Crippen LogP contribution is 2.23. The molecule has 2 rings (SSSR count).